The van der Waals surface area contributed by atoms with E-state index in [1.165, 1.54) is 6.92 Å². The van der Waals surface area contributed by atoms with Crippen LogP contribution in [0, 0.1) is 22.9 Å². The molecular formula is C7H5ClFNO4S. The molecule has 1 rings (SSSR count). The van der Waals surface area contributed by atoms with Crippen LogP contribution in [0.3, 0.4) is 0 Å². The average molecular weight is 254 g/mol. The molecule has 0 radical (unpaired) electrons. The number of aryl methyl sites for hydroxylation is 1. The van der Waals surface area contributed by atoms with Gasteiger partial charge in [0.25, 0.3) is 9.05 Å². The standard InChI is InChI=1S/C7H5ClFNO4S/c1-4-2-6(10(11)12)5(9)3-7(4)15(8,13)14/h2-3H,1H3. The SMILES string of the molecule is Cc1cc([N+](=O)[O-])c(F)cc1S(=O)(=O)Cl. The van der Waals surface area contributed by atoms with Gasteiger partial charge in [0.1, 0.15) is 0 Å². The highest BCUT2D eigenvalue weighted by Crippen LogP contribution is 2.26. The van der Waals surface area contributed by atoms with Crippen LogP contribution in [0.1, 0.15) is 5.56 Å². The quantitative estimate of drug-likeness (QED) is 0.459. The minimum absolute atomic E-state index is 0.0260. The lowest BCUT2D eigenvalue weighted by Gasteiger charge is -2.02. The third-order valence-electron chi connectivity index (χ3n) is 1.70. The van der Waals surface area contributed by atoms with E-state index >= 15 is 0 Å². The van der Waals surface area contributed by atoms with Crippen molar-refractivity contribution in [3.05, 3.63) is 33.6 Å². The molecule has 1 aromatic rings. The Labute approximate surface area is 89.0 Å². The Bertz CT molecular complexity index is 528. The molecule has 0 bridgehead atoms. The largest absolute Gasteiger partial charge is 0.305 e. The zero-order valence-corrected chi connectivity index (χ0v) is 8.97. The van der Waals surface area contributed by atoms with Gasteiger partial charge in [-0.1, -0.05) is 0 Å². The van der Waals surface area contributed by atoms with Gasteiger partial charge in [0.05, 0.1) is 9.82 Å². The molecule has 0 fully saturated rings. The summed E-state index contributed by atoms with van der Waals surface area (Å²) in [6.45, 7) is 1.29. The van der Waals surface area contributed by atoms with Gasteiger partial charge < -0.3 is 0 Å². The first kappa shape index (κ1) is 11.9. The molecule has 0 aromatic heterocycles. The van der Waals surface area contributed by atoms with E-state index < -0.39 is 30.4 Å². The first-order valence-electron chi connectivity index (χ1n) is 3.62. The lowest BCUT2D eigenvalue weighted by atomic mass is 10.2. The van der Waals surface area contributed by atoms with Crippen LogP contribution in [0.4, 0.5) is 10.1 Å². The van der Waals surface area contributed by atoms with Gasteiger partial charge in [-0.15, -0.1) is 0 Å². The van der Waals surface area contributed by atoms with Crippen LogP contribution in [0.15, 0.2) is 17.0 Å². The van der Waals surface area contributed by atoms with Crippen LogP contribution in [-0.4, -0.2) is 13.3 Å². The molecule has 8 heteroatoms. The van der Waals surface area contributed by atoms with Gasteiger partial charge in [-0.2, -0.15) is 4.39 Å². The molecular weight excluding hydrogens is 249 g/mol. The molecule has 5 nitrogen and oxygen atoms in total. The fraction of sp³-hybridized carbons (Fsp3) is 0.143. The number of rotatable bonds is 2. The summed E-state index contributed by atoms with van der Waals surface area (Å²) in [6, 6.07) is 1.36. The van der Waals surface area contributed by atoms with Gasteiger partial charge in [-0.25, -0.2) is 8.42 Å². The topological polar surface area (TPSA) is 77.3 Å². The molecule has 15 heavy (non-hydrogen) atoms. The number of halogens is 2. The van der Waals surface area contributed by atoms with E-state index in [9.17, 15) is 22.9 Å². The van der Waals surface area contributed by atoms with E-state index in [2.05, 4.69) is 0 Å². The highest BCUT2D eigenvalue weighted by molar-refractivity contribution is 8.13. The number of hydrogen-bond acceptors (Lipinski definition) is 4. The van der Waals surface area contributed by atoms with E-state index in [1.807, 2.05) is 0 Å². The summed E-state index contributed by atoms with van der Waals surface area (Å²) in [5.74, 6) is -1.23. The van der Waals surface area contributed by atoms with Crippen molar-refractivity contribution in [2.24, 2.45) is 0 Å². The smallest absolute Gasteiger partial charge is 0.258 e. The van der Waals surface area contributed by atoms with E-state index in [-0.39, 0.29) is 5.56 Å². The molecule has 0 N–H and O–H groups in total. The molecule has 82 valence electrons. The fourth-order valence-corrected chi connectivity index (χ4v) is 2.24. The van der Waals surface area contributed by atoms with E-state index in [1.54, 1.807) is 0 Å². The van der Waals surface area contributed by atoms with Gasteiger partial charge >= 0.3 is 5.69 Å². The molecule has 1 aromatic carbocycles. The van der Waals surface area contributed by atoms with Crippen molar-refractivity contribution in [2.75, 3.05) is 0 Å². The molecule has 0 heterocycles. The molecule has 0 spiro atoms. The molecule has 0 aliphatic heterocycles. The molecule has 0 amide bonds. The predicted octanol–water partition coefficient (Wildman–Crippen LogP) is 1.97. The Kier molecular flexibility index (Phi) is 2.96. The maximum Gasteiger partial charge on any atom is 0.305 e. The zero-order valence-electron chi connectivity index (χ0n) is 7.40. The molecule has 0 aliphatic rings. The van der Waals surface area contributed by atoms with E-state index in [0.29, 0.717) is 6.07 Å². The molecule has 0 aliphatic carbocycles. The van der Waals surface area contributed by atoms with Crippen molar-refractivity contribution in [1.29, 1.82) is 0 Å². The lowest BCUT2D eigenvalue weighted by molar-refractivity contribution is -0.387. The fourth-order valence-electron chi connectivity index (χ4n) is 1.05. The van der Waals surface area contributed by atoms with Gasteiger partial charge in [-0.3, -0.25) is 10.1 Å². The second-order valence-electron chi connectivity index (χ2n) is 2.76. The van der Waals surface area contributed by atoms with Crippen LogP contribution in [0.2, 0.25) is 0 Å². The summed E-state index contributed by atoms with van der Waals surface area (Å²) >= 11 is 0. The molecule has 0 saturated carbocycles. The highest BCUT2D eigenvalue weighted by atomic mass is 35.7. The summed E-state index contributed by atoms with van der Waals surface area (Å²) < 4.78 is 34.9. The third kappa shape index (κ3) is 2.42. The second kappa shape index (κ2) is 3.74. The summed E-state index contributed by atoms with van der Waals surface area (Å²) in [5, 5.41) is 10.3. The number of benzene rings is 1. The van der Waals surface area contributed by atoms with Crippen molar-refractivity contribution < 1.29 is 17.7 Å². The van der Waals surface area contributed by atoms with Crippen LogP contribution in [0.25, 0.3) is 0 Å². The number of nitrogens with zero attached hydrogens (tertiary/aromatic N) is 1. The first-order valence-corrected chi connectivity index (χ1v) is 5.93. The summed E-state index contributed by atoms with van der Waals surface area (Å²) in [5.41, 5.74) is -0.755. The highest BCUT2D eigenvalue weighted by Gasteiger charge is 2.21. The van der Waals surface area contributed by atoms with Crippen molar-refractivity contribution in [3.8, 4) is 0 Å². The average Bonchev–Trinajstić information content (AvgIpc) is 2.06. The van der Waals surface area contributed by atoms with Crippen molar-refractivity contribution in [2.45, 2.75) is 11.8 Å². The lowest BCUT2D eigenvalue weighted by Crippen LogP contribution is -1.99. The zero-order chi connectivity index (χ0) is 11.8. The van der Waals surface area contributed by atoms with Gasteiger partial charge in [0, 0.05) is 22.8 Å². The Balaban J connectivity index is 3.52. The van der Waals surface area contributed by atoms with Crippen LogP contribution in [-0.2, 0) is 9.05 Å². The van der Waals surface area contributed by atoms with Crippen molar-refractivity contribution in [3.63, 3.8) is 0 Å². The van der Waals surface area contributed by atoms with E-state index in [4.69, 9.17) is 10.7 Å². The maximum absolute atomic E-state index is 13.0. The second-order valence-corrected chi connectivity index (χ2v) is 5.30. The van der Waals surface area contributed by atoms with Crippen molar-refractivity contribution >= 4 is 25.4 Å². The Morgan fingerprint density at radius 2 is 2.00 bits per heavy atom. The molecule has 0 unspecified atom stereocenters. The molecule has 0 saturated heterocycles. The minimum Gasteiger partial charge on any atom is -0.258 e. The predicted molar refractivity (Wildman–Crippen MR) is 50.8 cm³/mol. The summed E-state index contributed by atoms with van der Waals surface area (Å²) in [6.07, 6.45) is 0. The van der Waals surface area contributed by atoms with E-state index in [0.717, 1.165) is 6.07 Å². The first-order chi connectivity index (χ1) is 6.73. The summed E-state index contributed by atoms with van der Waals surface area (Å²) in [4.78, 5) is 8.92. The Morgan fingerprint density at radius 3 is 2.40 bits per heavy atom. The van der Waals surface area contributed by atoms with Gasteiger partial charge in [0.2, 0.25) is 5.82 Å². The number of hydrogen-bond donors (Lipinski definition) is 0. The van der Waals surface area contributed by atoms with Crippen LogP contribution < -0.4 is 0 Å². The number of nitro benzene ring substituents is 1. The maximum atomic E-state index is 13.0. The summed E-state index contributed by atoms with van der Waals surface area (Å²) in [7, 11) is 0.915. The van der Waals surface area contributed by atoms with Gasteiger partial charge in [0.15, 0.2) is 0 Å². The normalized spacial score (nSPS) is 11.4. The Hall–Kier alpha value is -1.21. The Morgan fingerprint density at radius 1 is 1.47 bits per heavy atom. The molecule has 0 atom stereocenters. The van der Waals surface area contributed by atoms with Crippen LogP contribution >= 0.6 is 10.7 Å². The van der Waals surface area contributed by atoms with Crippen LogP contribution in [0.5, 0.6) is 0 Å². The van der Waals surface area contributed by atoms with Crippen molar-refractivity contribution in [1.82, 2.24) is 0 Å². The number of nitro groups is 1. The minimum atomic E-state index is -4.09. The monoisotopic (exact) mass is 253 g/mol. The third-order valence-corrected chi connectivity index (χ3v) is 3.17. The van der Waals surface area contributed by atoms with Gasteiger partial charge in [-0.05, 0) is 12.5 Å².